The SMILES string of the molecule is COC(=O)Nc1ccc(NC2CCSC2C)cc1. The van der Waals surface area contributed by atoms with Crippen LogP contribution in [0.1, 0.15) is 13.3 Å². The first-order valence-corrected chi connectivity index (χ1v) is 7.07. The van der Waals surface area contributed by atoms with Crippen molar-refractivity contribution >= 4 is 29.2 Å². The van der Waals surface area contributed by atoms with E-state index in [4.69, 9.17) is 0 Å². The lowest BCUT2D eigenvalue weighted by atomic mass is 10.1. The van der Waals surface area contributed by atoms with E-state index in [-0.39, 0.29) is 0 Å². The monoisotopic (exact) mass is 266 g/mol. The minimum Gasteiger partial charge on any atom is -0.453 e. The van der Waals surface area contributed by atoms with Crippen LogP contribution in [0, 0.1) is 0 Å². The van der Waals surface area contributed by atoms with E-state index < -0.39 is 6.09 Å². The molecule has 5 heteroatoms. The second kappa shape index (κ2) is 6.00. The summed E-state index contributed by atoms with van der Waals surface area (Å²) in [5, 5.41) is 6.80. The molecule has 2 rings (SSSR count). The predicted molar refractivity (Wildman–Crippen MR) is 76.4 cm³/mol. The Morgan fingerprint density at radius 1 is 1.33 bits per heavy atom. The molecular weight excluding hydrogens is 248 g/mol. The highest BCUT2D eigenvalue weighted by Crippen LogP contribution is 2.29. The van der Waals surface area contributed by atoms with Crippen LogP contribution < -0.4 is 10.6 Å². The quantitative estimate of drug-likeness (QED) is 0.882. The van der Waals surface area contributed by atoms with E-state index in [1.165, 1.54) is 19.3 Å². The number of methoxy groups -OCH3 is 1. The third-order valence-electron chi connectivity index (χ3n) is 3.04. The van der Waals surface area contributed by atoms with Crippen LogP contribution in [-0.4, -0.2) is 30.2 Å². The zero-order chi connectivity index (χ0) is 13.0. The third kappa shape index (κ3) is 3.32. The summed E-state index contributed by atoms with van der Waals surface area (Å²) in [6.07, 6.45) is 0.755. The molecule has 1 heterocycles. The normalized spacial score (nSPS) is 22.6. The van der Waals surface area contributed by atoms with Gasteiger partial charge in [-0.15, -0.1) is 0 Å². The Morgan fingerprint density at radius 2 is 2.00 bits per heavy atom. The smallest absolute Gasteiger partial charge is 0.411 e. The van der Waals surface area contributed by atoms with Gasteiger partial charge >= 0.3 is 6.09 Å². The molecule has 0 spiro atoms. The van der Waals surface area contributed by atoms with Gasteiger partial charge in [0.05, 0.1) is 7.11 Å². The van der Waals surface area contributed by atoms with Crippen LogP contribution in [0.15, 0.2) is 24.3 Å². The molecule has 18 heavy (non-hydrogen) atoms. The van der Waals surface area contributed by atoms with Crippen molar-refractivity contribution in [1.29, 1.82) is 0 Å². The fourth-order valence-corrected chi connectivity index (χ4v) is 3.15. The van der Waals surface area contributed by atoms with Gasteiger partial charge in [0.2, 0.25) is 0 Å². The molecule has 0 radical (unpaired) electrons. The predicted octanol–water partition coefficient (Wildman–Crippen LogP) is 3.17. The average Bonchev–Trinajstić information content (AvgIpc) is 2.77. The molecule has 2 N–H and O–H groups in total. The molecule has 0 saturated carbocycles. The Bertz CT molecular complexity index is 408. The Morgan fingerprint density at radius 3 is 2.56 bits per heavy atom. The third-order valence-corrected chi connectivity index (χ3v) is 4.37. The summed E-state index contributed by atoms with van der Waals surface area (Å²) in [4.78, 5) is 11.0. The number of thioether (sulfide) groups is 1. The summed E-state index contributed by atoms with van der Waals surface area (Å²) < 4.78 is 4.54. The van der Waals surface area contributed by atoms with Crippen molar-refractivity contribution in [1.82, 2.24) is 0 Å². The van der Waals surface area contributed by atoms with Crippen molar-refractivity contribution in [2.75, 3.05) is 23.5 Å². The molecule has 2 atom stereocenters. The van der Waals surface area contributed by atoms with Gasteiger partial charge in [-0.05, 0) is 36.4 Å². The van der Waals surface area contributed by atoms with Crippen molar-refractivity contribution in [3.8, 4) is 0 Å². The van der Waals surface area contributed by atoms with E-state index in [0.29, 0.717) is 11.3 Å². The molecule has 1 aromatic carbocycles. The average molecular weight is 266 g/mol. The lowest BCUT2D eigenvalue weighted by Gasteiger charge is -2.18. The molecule has 98 valence electrons. The van der Waals surface area contributed by atoms with Gasteiger partial charge in [0.25, 0.3) is 0 Å². The standard InChI is InChI=1S/C13H18N2O2S/c1-9-12(7-8-18-9)14-10-3-5-11(6-4-10)15-13(16)17-2/h3-6,9,12,14H,7-8H2,1-2H3,(H,15,16). The van der Waals surface area contributed by atoms with Gasteiger partial charge in [-0.3, -0.25) is 5.32 Å². The molecule has 1 aliphatic rings. The second-order valence-electron chi connectivity index (χ2n) is 4.31. The molecular formula is C13H18N2O2S. The molecule has 0 aliphatic carbocycles. The largest absolute Gasteiger partial charge is 0.453 e. The zero-order valence-electron chi connectivity index (χ0n) is 10.6. The molecule has 1 fully saturated rings. The highest BCUT2D eigenvalue weighted by molar-refractivity contribution is 8.00. The van der Waals surface area contributed by atoms with Crippen molar-refractivity contribution < 1.29 is 9.53 Å². The number of benzene rings is 1. The summed E-state index contributed by atoms with van der Waals surface area (Å²) in [6.45, 7) is 2.25. The number of ether oxygens (including phenoxy) is 1. The number of amides is 1. The summed E-state index contributed by atoms with van der Waals surface area (Å²) >= 11 is 2.00. The molecule has 0 bridgehead atoms. The molecule has 1 aliphatic heterocycles. The minimum absolute atomic E-state index is 0.448. The topological polar surface area (TPSA) is 50.4 Å². The number of anilines is 2. The first-order chi connectivity index (χ1) is 8.69. The Kier molecular flexibility index (Phi) is 4.36. The van der Waals surface area contributed by atoms with Gasteiger partial charge in [-0.25, -0.2) is 4.79 Å². The summed E-state index contributed by atoms with van der Waals surface area (Å²) in [7, 11) is 1.35. The highest BCUT2D eigenvalue weighted by Gasteiger charge is 2.23. The van der Waals surface area contributed by atoms with Crippen LogP contribution in [0.4, 0.5) is 16.2 Å². The number of hydrogen-bond donors (Lipinski definition) is 2. The van der Waals surface area contributed by atoms with Gasteiger partial charge in [0.15, 0.2) is 0 Å². The van der Waals surface area contributed by atoms with Crippen LogP contribution in [0.5, 0.6) is 0 Å². The van der Waals surface area contributed by atoms with Gasteiger partial charge < -0.3 is 10.1 Å². The van der Waals surface area contributed by atoms with E-state index in [1.54, 1.807) is 0 Å². The fourth-order valence-electron chi connectivity index (χ4n) is 1.95. The fraction of sp³-hybridized carbons (Fsp3) is 0.462. The number of carbonyl (C=O) groups excluding carboxylic acids is 1. The van der Waals surface area contributed by atoms with E-state index in [1.807, 2.05) is 36.0 Å². The summed E-state index contributed by atoms with van der Waals surface area (Å²) in [5.74, 6) is 1.22. The van der Waals surface area contributed by atoms with Gasteiger partial charge in [0.1, 0.15) is 0 Å². The lowest BCUT2D eigenvalue weighted by Crippen LogP contribution is -2.24. The molecule has 2 unspecified atom stereocenters. The Balaban J connectivity index is 1.93. The highest BCUT2D eigenvalue weighted by atomic mass is 32.2. The Labute approximate surface area is 111 Å². The van der Waals surface area contributed by atoms with Gasteiger partial charge in [-0.1, -0.05) is 6.92 Å². The van der Waals surface area contributed by atoms with E-state index in [0.717, 1.165) is 11.4 Å². The molecule has 1 saturated heterocycles. The van der Waals surface area contributed by atoms with Crippen molar-refractivity contribution in [3.05, 3.63) is 24.3 Å². The maximum atomic E-state index is 11.0. The van der Waals surface area contributed by atoms with Crippen LogP contribution in [0.3, 0.4) is 0 Å². The molecule has 1 amide bonds. The zero-order valence-corrected chi connectivity index (χ0v) is 11.4. The maximum Gasteiger partial charge on any atom is 0.411 e. The first kappa shape index (κ1) is 13.1. The van der Waals surface area contributed by atoms with Crippen LogP contribution in [-0.2, 0) is 4.74 Å². The number of hydrogen-bond acceptors (Lipinski definition) is 4. The summed E-state index contributed by atoms with van der Waals surface area (Å²) in [5.41, 5.74) is 1.83. The second-order valence-corrected chi connectivity index (χ2v) is 5.79. The van der Waals surface area contributed by atoms with Crippen LogP contribution >= 0.6 is 11.8 Å². The maximum absolute atomic E-state index is 11.0. The van der Waals surface area contributed by atoms with Crippen LogP contribution in [0.25, 0.3) is 0 Å². The minimum atomic E-state index is -0.448. The van der Waals surface area contributed by atoms with Crippen molar-refractivity contribution in [3.63, 3.8) is 0 Å². The number of nitrogens with one attached hydrogen (secondary N) is 2. The van der Waals surface area contributed by atoms with Crippen LogP contribution in [0.2, 0.25) is 0 Å². The van der Waals surface area contributed by atoms with Crippen molar-refractivity contribution in [2.24, 2.45) is 0 Å². The number of rotatable bonds is 3. The number of carbonyl (C=O) groups is 1. The van der Waals surface area contributed by atoms with Gasteiger partial charge in [0, 0.05) is 22.7 Å². The van der Waals surface area contributed by atoms with E-state index in [9.17, 15) is 4.79 Å². The first-order valence-electron chi connectivity index (χ1n) is 6.02. The lowest BCUT2D eigenvalue weighted by molar-refractivity contribution is 0.187. The molecule has 1 aromatic rings. The van der Waals surface area contributed by atoms with E-state index >= 15 is 0 Å². The van der Waals surface area contributed by atoms with Gasteiger partial charge in [-0.2, -0.15) is 11.8 Å². The Hall–Kier alpha value is -1.36. The summed E-state index contributed by atoms with van der Waals surface area (Å²) in [6, 6.07) is 8.22. The molecule has 0 aromatic heterocycles. The van der Waals surface area contributed by atoms with E-state index in [2.05, 4.69) is 22.3 Å². The molecule has 4 nitrogen and oxygen atoms in total. The van der Waals surface area contributed by atoms with Crippen molar-refractivity contribution in [2.45, 2.75) is 24.6 Å².